The van der Waals surface area contributed by atoms with Crippen molar-refractivity contribution in [3.8, 4) is 0 Å². The van der Waals surface area contributed by atoms with E-state index >= 15 is 0 Å². The van der Waals surface area contributed by atoms with E-state index in [4.69, 9.17) is 16.3 Å². The summed E-state index contributed by atoms with van der Waals surface area (Å²) in [6.07, 6.45) is 1.71. The van der Waals surface area contributed by atoms with Crippen LogP contribution in [-0.4, -0.2) is 42.7 Å². The SMILES string of the molecule is O=[N+]([O-])c1ccc(Cl)c(CCCN2CCOCC2)c1. The molecular weight excluding hydrogens is 268 g/mol. The van der Waals surface area contributed by atoms with E-state index in [0.29, 0.717) is 5.02 Å². The molecule has 0 aromatic heterocycles. The van der Waals surface area contributed by atoms with Gasteiger partial charge < -0.3 is 4.74 Å². The molecule has 0 spiro atoms. The van der Waals surface area contributed by atoms with E-state index in [1.54, 1.807) is 12.1 Å². The molecule has 0 radical (unpaired) electrons. The second-order valence-electron chi connectivity index (χ2n) is 4.59. The van der Waals surface area contributed by atoms with Gasteiger partial charge in [-0.25, -0.2) is 0 Å². The molecule has 6 heteroatoms. The van der Waals surface area contributed by atoms with Gasteiger partial charge in [-0.15, -0.1) is 0 Å². The Morgan fingerprint density at radius 1 is 1.37 bits per heavy atom. The van der Waals surface area contributed by atoms with E-state index in [1.165, 1.54) is 6.07 Å². The van der Waals surface area contributed by atoms with Gasteiger partial charge in [-0.05, 0) is 31.0 Å². The van der Waals surface area contributed by atoms with Crippen LogP contribution in [0.5, 0.6) is 0 Å². The minimum absolute atomic E-state index is 0.103. The third kappa shape index (κ3) is 4.16. The fraction of sp³-hybridized carbons (Fsp3) is 0.538. The summed E-state index contributed by atoms with van der Waals surface area (Å²) in [5, 5.41) is 11.3. The fourth-order valence-electron chi connectivity index (χ4n) is 2.18. The van der Waals surface area contributed by atoms with Crippen molar-refractivity contribution < 1.29 is 9.66 Å². The number of halogens is 1. The molecule has 1 aliphatic heterocycles. The number of ether oxygens (including phenoxy) is 1. The zero-order chi connectivity index (χ0) is 13.7. The monoisotopic (exact) mass is 284 g/mol. The Labute approximate surface area is 117 Å². The molecular formula is C13H17ClN2O3. The summed E-state index contributed by atoms with van der Waals surface area (Å²) in [4.78, 5) is 12.7. The predicted molar refractivity (Wildman–Crippen MR) is 73.7 cm³/mol. The van der Waals surface area contributed by atoms with Crippen molar-refractivity contribution >= 4 is 17.3 Å². The molecule has 1 heterocycles. The topological polar surface area (TPSA) is 55.6 Å². The highest BCUT2D eigenvalue weighted by molar-refractivity contribution is 6.31. The largest absolute Gasteiger partial charge is 0.379 e. The number of benzene rings is 1. The van der Waals surface area contributed by atoms with Gasteiger partial charge in [0.2, 0.25) is 0 Å². The fourth-order valence-corrected chi connectivity index (χ4v) is 2.40. The van der Waals surface area contributed by atoms with Crippen LogP contribution in [0.15, 0.2) is 18.2 Å². The van der Waals surface area contributed by atoms with Crippen LogP contribution >= 0.6 is 11.6 Å². The number of non-ortho nitro benzene ring substituents is 1. The molecule has 1 fully saturated rings. The molecule has 0 atom stereocenters. The molecule has 0 bridgehead atoms. The number of nitrogens with zero attached hydrogens (tertiary/aromatic N) is 2. The molecule has 5 nitrogen and oxygen atoms in total. The standard InChI is InChI=1S/C13H17ClN2O3/c14-13-4-3-12(16(17)18)10-11(13)2-1-5-15-6-8-19-9-7-15/h3-4,10H,1-2,5-9H2. The summed E-state index contributed by atoms with van der Waals surface area (Å²) in [7, 11) is 0. The molecule has 0 aliphatic carbocycles. The second kappa shape index (κ2) is 6.84. The van der Waals surface area contributed by atoms with Gasteiger partial charge in [0, 0.05) is 30.2 Å². The lowest BCUT2D eigenvalue weighted by Gasteiger charge is -2.26. The summed E-state index contributed by atoms with van der Waals surface area (Å²) in [6.45, 7) is 4.48. The molecule has 0 saturated carbocycles. The Morgan fingerprint density at radius 2 is 2.11 bits per heavy atom. The summed E-state index contributed by atoms with van der Waals surface area (Å²) in [5.41, 5.74) is 0.954. The van der Waals surface area contributed by atoms with Gasteiger partial charge in [-0.2, -0.15) is 0 Å². The molecule has 0 unspecified atom stereocenters. The van der Waals surface area contributed by atoms with Crippen molar-refractivity contribution in [2.75, 3.05) is 32.8 Å². The Kier molecular flexibility index (Phi) is 5.13. The zero-order valence-corrected chi connectivity index (χ0v) is 11.4. The Hall–Kier alpha value is -1.17. The number of rotatable bonds is 5. The Balaban J connectivity index is 1.87. The average Bonchev–Trinajstić information content (AvgIpc) is 2.42. The Bertz CT molecular complexity index is 448. The lowest BCUT2D eigenvalue weighted by Crippen LogP contribution is -2.36. The highest BCUT2D eigenvalue weighted by atomic mass is 35.5. The van der Waals surface area contributed by atoms with Crippen LogP contribution in [0.25, 0.3) is 0 Å². The normalized spacial score (nSPS) is 16.5. The maximum absolute atomic E-state index is 10.7. The van der Waals surface area contributed by atoms with E-state index in [1.807, 2.05) is 0 Å². The maximum Gasteiger partial charge on any atom is 0.269 e. The molecule has 2 rings (SSSR count). The van der Waals surface area contributed by atoms with Gasteiger partial charge in [-0.3, -0.25) is 15.0 Å². The van der Waals surface area contributed by atoms with Gasteiger partial charge in [0.1, 0.15) is 0 Å². The first-order chi connectivity index (χ1) is 9.16. The van der Waals surface area contributed by atoms with Crippen LogP contribution in [0.4, 0.5) is 5.69 Å². The number of aryl methyl sites for hydroxylation is 1. The highest BCUT2D eigenvalue weighted by Crippen LogP contribution is 2.23. The summed E-state index contributed by atoms with van der Waals surface area (Å²) in [5.74, 6) is 0. The molecule has 0 amide bonds. The molecule has 1 aromatic carbocycles. The van der Waals surface area contributed by atoms with E-state index < -0.39 is 0 Å². The number of nitro benzene ring substituents is 1. The summed E-state index contributed by atoms with van der Waals surface area (Å²) in [6, 6.07) is 4.61. The lowest BCUT2D eigenvalue weighted by molar-refractivity contribution is -0.384. The number of hydrogen-bond donors (Lipinski definition) is 0. The molecule has 0 N–H and O–H groups in total. The highest BCUT2D eigenvalue weighted by Gasteiger charge is 2.12. The van der Waals surface area contributed by atoms with E-state index in [9.17, 15) is 10.1 Å². The molecule has 1 saturated heterocycles. The average molecular weight is 285 g/mol. The first-order valence-corrected chi connectivity index (χ1v) is 6.77. The van der Waals surface area contributed by atoms with Crippen LogP contribution in [-0.2, 0) is 11.2 Å². The minimum Gasteiger partial charge on any atom is -0.379 e. The quantitative estimate of drug-likeness (QED) is 0.616. The second-order valence-corrected chi connectivity index (χ2v) is 5.00. The van der Waals surface area contributed by atoms with Crippen LogP contribution in [0.1, 0.15) is 12.0 Å². The van der Waals surface area contributed by atoms with Gasteiger partial charge in [0.25, 0.3) is 5.69 Å². The summed E-state index contributed by atoms with van der Waals surface area (Å²) < 4.78 is 5.29. The number of morpholine rings is 1. The third-order valence-electron chi connectivity index (χ3n) is 3.26. The van der Waals surface area contributed by atoms with Crippen molar-refractivity contribution in [2.24, 2.45) is 0 Å². The van der Waals surface area contributed by atoms with Crippen molar-refractivity contribution in [3.63, 3.8) is 0 Å². The van der Waals surface area contributed by atoms with E-state index in [0.717, 1.165) is 51.3 Å². The maximum atomic E-state index is 10.7. The van der Waals surface area contributed by atoms with E-state index in [-0.39, 0.29) is 10.6 Å². The van der Waals surface area contributed by atoms with E-state index in [2.05, 4.69) is 4.90 Å². The molecule has 1 aromatic rings. The van der Waals surface area contributed by atoms with Crippen LogP contribution in [0, 0.1) is 10.1 Å². The molecule has 19 heavy (non-hydrogen) atoms. The smallest absolute Gasteiger partial charge is 0.269 e. The molecule has 1 aliphatic rings. The number of nitro groups is 1. The molecule has 104 valence electrons. The Morgan fingerprint density at radius 3 is 2.79 bits per heavy atom. The van der Waals surface area contributed by atoms with Crippen LogP contribution in [0.2, 0.25) is 5.02 Å². The summed E-state index contributed by atoms with van der Waals surface area (Å²) >= 11 is 6.07. The van der Waals surface area contributed by atoms with Crippen LogP contribution in [0.3, 0.4) is 0 Å². The van der Waals surface area contributed by atoms with Crippen molar-refractivity contribution in [1.82, 2.24) is 4.90 Å². The van der Waals surface area contributed by atoms with Crippen molar-refractivity contribution in [2.45, 2.75) is 12.8 Å². The first-order valence-electron chi connectivity index (χ1n) is 6.40. The van der Waals surface area contributed by atoms with Gasteiger partial charge >= 0.3 is 0 Å². The minimum atomic E-state index is -0.387. The zero-order valence-electron chi connectivity index (χ0n) is 10.7. The third-order valence-corrected chi connectivity index (χ3v) is 3.63. The predicted octanol–water partition coefficient (Wildman–Crippen LogP) is 2.51. The lowest BCUT2D eigenvalue weighted by atomic mass is 10.1. The van der Waals surface area contributed by atoms with Crippen LogP contribution < -0.4 is 0 Å². The van der Waals surface area contributed by atoms with Gasteiger partial charge in [0.15, 0.2) is 0 Å². The first kappa shape index (κ1) is 14.2. The van der Waals surface area contributed by atoms with Crippen molar-refractivity contribution in [1.29, 1.82) is 0 Å². The van der Waals surface area contributed by atoms with Gasteiger partial charge in [-0.1, -0.05) is 11.6 Å². The number of hydrogen-bond acceptors (Lipinski definition) is 4. The van der Waals surface area contributed by atoms with Gasteiger partial charge in [0.05, 0.1) is 18.1 Å². The van der Waals surface area contributed by atoms with Crippen molar-refractivity contribution in [3.05, 3.63) is 38.9 Å².